The molecular formula is C19H23N3OS. The summed E-state index contributed by atoms with van der Waals surface area (Å²) in [7, 11) is 0. The lowest BCUT2D eigenvalue weighted by atomic mass is 9.95. The highest BCUT2D eigenvalue weighted by Crippen LogP contribution is 2.34. The van der Waals surface area contributed by atoms with Gasteiger partial charge in [0.15, 0.2) is 0 Å². The van der Waals surface area contributed by atoms with Crippen LogP contribution in [0.5, 0.6) is 0 Å². The molecule has 4 nitrogen and oxygen atoms in total. The van der Waals surface area contributed by atoms with Crippen LogP contribution in [0.3, 0.4) is 0 Å². The summed E-state index contributed by atoms with van der Waals surface area (Å²) in [5.74, 6) is 0.307. The summed E-state index contributed by atoms with van der Waals surface area (Å²) in [6, 6.07) is 9.34. The molecule has 2 fully saturated rings. The molecule has 2 atom stereocenters. The van der Waals surface area contributed by atoms with Gasteiger partial charge >= 0.3 is 0 Å². The number of rotatable bonds is 4. The number of carbonyl (C=O) groups excluding carboxylic acids is 1. The second kappa shape index (κ2) is 6.65. The molecule has 4 rings (SSSR count). The highest BCUT2D eigenvalue weighted by Gasteiger charge is 2.42. The van der Waals surface area contributed by atoms with Crippen LogP contribution < -0.4 is 0 Å². The van der Waals surface area contributed by atoms with Crippen LogP contribution in [-0.2, 0) is 17.9 Å². The Bertz CT molecular complexity index is 714. The van der Waals surface area contributed by atoms with E-state index in [1.54, 1.807) is 12.4 Å². The fourth-order valence-corrected chi connectivity index (χ4v) is 5.01. The molecule has 0 aromatic carbocycles. The Morgan fingerprint density at radius 2 is 1.96 bits per heavy atom. The molecule has 126 valence electrons. The molecule has 2 saturated heterocycles. The summed E-state index contributed by atoms with van der Waals surface area (Å²) in [4.78, 5) is 24.1. The molecule has 1 amide bonds. The maximum Gasteiger partial charge on any atom is 0.223 e. The van der Waals surface area contributed by atoms with Crippen LogP contribution >= 0.6 is 11.3 Å². The summed E-state index contributed by atoms with van der Waals surface area (Å²) in [5.41, 5.74) is 1.17. The lowest BCUT2D eigenvalue weighted by molar-refractivity contribution is -0.138. The van der Waals surface area contributed by atoms with Crippen molar-refractivity contribution in [2.75, 3.05) is 6.54 Å². The number of amides is 1. The van der Waals surface area contributed by atoms with E-state index in [0.717, 1.165) is 25.9 Å². The number of piperidine rings is 1. The van der Waals surface area contributed by atoms with Crippen molar-refractivity contribution in [3.05, 3.63) is 52.0 Å². The average molecular weight is 341 g/mol. The zero-order chi connectivity index (χ0) is 16.5. The Balaban J connectivity index is 1.48. The van der Waals surface area contributed by atoms with Gasteiger partial charge in [-0.2, -0.15) is 0 Å². The normalized spacial score (nSPS) is 24.4. The molecule has 4 heterocycles. The van der Waals surface area contributed by atoms with E-state index in [4.69, 9.17) is 0 Å². The van der Waals surface area contributed by atoms with Crippen LogP contribution in [-0.4, -0.2) is 39.3 Å². The lowest BCUT2D eigenvalue weighted by Gasteiger charge is -2.40. The Kier molecular flexibility index (Phi) is 4.37. The molecule has 2 aliphatic rings. The number of carbonyl (C=O) groups is 1. The minimum atomic E-state index is 0.307. The average Bonchev–Trinajstić information content (AvgIpc) is 3.18. The van der Waals surface area contributed by atoms with Gasteiger partial charge in [0.2, 0.25) is 5.91 Å². The number of hydrogen-bond donors (Lipinski definition) is 0. The van der Waals surface area contributed by atoms with Crippen LogP contribution in [0.25, 0.3) is 0 Å². The highest BCUT2D eigenvalue weighted by atomic mass is 32.1. The summed E-state index contributed by atoms with van der Waals surface area (Å²) >= 11 is 1.89. The fourth-order valence-electron chi connectivity index (χ4n) is 4.09. The molecule has 2 aliphatic heterocycles. The van der Waals surface area contributed by atoms with Gasteiger partial charge in [-0.15, -0.1) is 11.3 Å². The molecule has 0 radical (unpaired) electrons. The molecule has 0 bridgehead atoms. The lowest BCUT2D eigenvalue weighted by Crippen LogP contribution is -2.51. The van der Waals surface area contributed by atoms with Gasteiger partial charge in [-0.25, -0.2) is 0 Å². The van der Waals surface area contributed by atoms with E-state index < -0.39 is 0 Å². The fraction of sp³-hybridized carbons (Fsp3) is 0.474. The van der Waals surface area contributed by atoms with Gasteiger partial charge in [0.1, 0.15) is 0 Å². The summed E-state index contributed by atoms with van der Waals surface area (Å²) in [6.45, 7) is 4.99. The Labute approximate surface area is 147 Å². The van der Waals surface area contributed by atoms with Crippen LogP contribution in [0.15, 0.2) is 36.7 Å². The number of likely N-dealkylation sites (tertiary alicyclic amines) is 2. The van der Waals surface area contributed by atoms with E-state index in [1.807, 2.05) is 23.5 Å². The van der Waals surface area contributed by atoms with Crippen LogP contribution in [0.2, 0.25) is 0 Å². The zero-order valence-electron chi connectivity index (χ0n) is 14.0. The Morgan fingerprint density at radius 3 is 2.71 bits per heavy atom. The minimum absolute atomic E-state index is 0.307. The minimum Gasteiger partial charge on any atom is -0.334 e. The van der Waals surface area contributed by atoms with E-state index in [0.29, 0.717) is 31.0 Å². The number of hydrogen-bond acceptors (Lipinski definition) is 4. The number of thiophene rings is 1. The molecule has 24 heavy (non-hydrogen) atoms. The molecule has 0 spiro atoms. The molecular weight excluding hydrogens is 318 g/mol. The van der Waals surface area contributed by atoms with Gasteiger partial charge < -0.3 is 4.90 Å². The number of nitrogens with zero attached hydrogens (tertiary/aromatic N) is 3. The maximum atomic E-state index is 12.5. The summed E-state index contributed by atoms with van der Waals surface area (Å²) in [6.07, 6.45) is 6.38. The number of aromatic nitrogens is 1. The highest BCUT2D eigenvalue weighted by molar-refractivity contribution is 7.11. The van der Waals surface area contributed by atoms with Gasteiger partial charge in [-0.05, 0) is 49.6 Å². The molecule has 0 aliphatic carbocycles. The largest absolute Gasteiger partial charge is 0.334 e. The molecule has 0 saturated carbocycles. The van der Waals surface area contributed by atoms with Crippen molar-refractivity contribution in [2.24, 2.45) is 0 Å². The van der Waals surface area contributed by atoms with E-state index in [1.165, 1.54) is 15.3 Å². The summed E-state index contributed by atoms with van der Waals surface area (Å²) < 4.78 is 0. The van der Waals surface area contributed by atoms with Gasteiger partial charge in [0.05, 0.1) is 0 Å². The van der Waals surface area contributed by atoms with Gasteiger partial charge in [0, 0.05) is 60.3 Å². The Morgan fingerprint density at radius 1 is 1.12 bits per heavy atom. The van der Waals surface area contributed by atoms with Gasteiger partial charge in [-0.1, -0.05) is 0 Å². The first-order valence-corrected chi connectivity index (χ1v) is 9.50. The maximum absolute atomic E-state index is 12.5. The van der Waals surface area contributed by atoms with Gasteiger partial charge in [0.25, 0.3) is 0 Å². The Hall–Kier alpha value is -1.72. The second-order valence-electron chi connectivity index (χ2n) is 6.82. The van der Waals surface area contributed by atoms with Gasteiger partial charge in [-0.3, -0.25) is 14.7 Å². The smallest absolute Gasteiger partial charge is 0.223 e. The molecule has 0 N–H and O–H groups in total. The quantitative estimate of drug-likeness (QED) is 0.857. The van der Waals surface area contributed by atoms with Crippen LogP contribution in [0, 0.1) is 6.92 Å². The van der Waals surface area contributed by atoms with Crippen molar-refractivity contribution < 1.29 is 4.79 Å². The van der Waals surface area contributed by atoms with E-state index >= 15 is 0 Å². The van der Waals surface area contributed by atoms with Crippen molar-refractivity contribution in [1.29, 1.82) is 0 Å². The SMILES string of the molecule is Cc1ccc(CN2CC[C@H]3[C@@H]2CCC(=O)N3Cc2ccncc2)s1. The van der Waals surface area contributed by atoms with Crippen molar-refractivity contribution in [3.8, 4) is 0 Å². The predicted molar refractivity (Wildman–Crippen MR) is 95.7 cm³/mol. The topological polar surface area (TPSA) is 36.4 Å². The van der Waals surface area contributed by atoms with Crippen molar-refractivity contribution in [3.63, 3.8) is 0 Å². The monoisotopic (exact) mass is 341 g/mol. The standard InChI is InChI=1S/C19H23N3OS/c1-14-2-3-16(24-14)13-21-11-8-18-17(21)4-5-19(23)22(18)12-15-6-9-20-10-7-15/h2-3,6-7,9-10,17-18H,4-5,8,11-13H2,1H3/t17-,18-/m0/s1. The first-order chi connectivity index (χ1) is 11.7. The second-order valence-corrected chi connectivity index (χ2v) is 8.19. The number of pyridine rings is 1. The molecule has 2 aromatic rings. The molecule has 2 aromatic heterocycles. The van der Waals surface area contributed by atoms with E-state index in [9.17, 15) is 4.79 Å². The molecule has 0 unspecified atom stereocenters. The summed E-state index contributed by atoms with van der Waals surface area (Å²) in [5, 5.41) is 0. The zero-order valence-corrected chi connectivity index (χ0v) is 14.8. The first-order valence-electron chi connectivity index (χ1n) is 8.68. The van der Waals surface area contributed by atoms with Crippen molar-refractivity contribution in [1.82, 2.24) is 14.8 Å². The van der Waals surface area contributed by atoms with Crippen LogP contribution in [0.1, 0.15) is 34.6 Å². The van der Waals surface area contributed by atoms with Crippen LogP contribution in [0.4, 0.5) is 0 Å². The first kappa shape index (κ1) is 15.8. The van der Waals surface area contributed by atoms with Crippen molar-refractivity contribution in [2.45, 2.75) is 51.4 Å². The van der Waals surface area contributed by atoms with E-state index in [2.05, 4.69) is 33.8 Å². The third kappa shape index (κ3) is 3.10. The molecule has 5 heteroatoms. The number of aryl methyl sites for hydroxylation is 1. The van der Waals surface area contributed by atoms with Crippen molar-refractivity contribution >= 4 is 17.2 Å². The number of fused-ring (bicyclic) bond motifs is 1. The third-order valence-corrected chi connectivity index (χ3v) is 6.24. The third-order valence-electron chi connectivity index (χ3n) is 5.26. The van der Waals surface area contributed by atoms with E-state index in [-0.39, 0.29) is 0 Å². The predicted octanol–water partition coefficient (Wildman–Crippen LogP) is 3.22.